The van der Waals surface area contributed by atoms with Crippen molar-refractivity contribution >= 4 is 36.5 Å². The summed E-state index contributed by atoms with van der Waals surface area (Å²) in [6, 6.07) is 1.88. The highest BCUT2D eigenvalue weighted by atomic mass is 127. The van der Waals surface area contributed by atoms with Crippen molar-refractivity contribution in [3.63, 3.8) is 0 Å². The van der Waals surface area contributed by atoms with Crippen LogP contribution in [0.2, 0.25) is 0 Å². The summed E-state index contributed by atoms with van der Waals surface area (Å²) >= 11 is 2.65. The van der Waals surface area contributed by atoms with Crippen molar-refractivity contribution in [1.29, 1.82) is 0 Å². The summed E-state index contributed by atoms with van der Waals surface area (Å²) in [6.45, 7) is 7.42. The SMILES string of the molecule is BC1(I)CCCCCCC2C(C1)O/C(=N/CC)N2C(C)C. The van der Waals surface area contributed by atoms with Crippen molar-refractivity contribution in [3.8, 4) is 0 Å². The van der Waals surface area contributed by atoms with Crippen LogP contribution in [0.15, 0.2) is 4.99 Å². The summed E-state index contributed by atoms with van der Waals surface area (Å²) in [7, 11) is 2.39. The van der Waals surface area contributed by atoms with Gasteiger partial charge in [-0.3, -0.25) is 0 Å². The Morgan fingerprint density at radius 3 is 2.76 bits per heavy atom. The molecule has 0 radical (unpaired) electrons. The molecule has 0 N–H and O–H groups in total. The molecule has 1 saturated carbocycles. The van der Waals surface area contributed by atoms with Crippen molar-refractivity contribution in [2.24, 2.45) is 4.99 Å². The minimum Gasteiger partial charge on any atom is -0.460 e. The van der Waals surface area contributed by atoms with Crippen LogP contribution in [-0.4, -0.2) is 46.8 Å². The van der Waals surface area contributed by atoms with Crippen LogP contribution in [0.5, 0.6) is 0 Å². The highest BCUT2D eigenvalue weighted by Gasteiger charge is 2.43. The zero-order valence-corrected chi connectivity index (χ0v) is 16.2. The van der Waals surface area contributed by atoms with Crippen LogP contribution >= 0.6 is 22.6 Å². The number of rotatable bonds is 2. The zero-order chi connectivity index (χ0) is 15.5. The third kappa shape index (κ3) is 4.52. The van der Waals surface area contributed by atoms with Crippen LogP contribution in [0.25, 0.3) is 0 Å². The van der Waals surface area contributed by atoms with Crippen molar-refractivity contribution in [2.75, 3.05) is 6.54 Å². The number of aliphatic imine (C=N–C) groups is 1. The van der Waals surface area contributed by atoms with Crippen LogP contribution in [0, 0.1) is 0 Å². The lowest BCUT2D eigenvalue weighted by Gasteiger charge is -2.33. The summed E-state index contributed by atoms with van der Waals surface area (Å²) in [5, 5.41) is 0. The Labute approximate surface area is 144 Å². The number of hydrogen-bond donors (Lipinski definition) is 0. The highest BCUT2D eigenvalue weighted by molar-refractivity contribution is 14.1. The molecule has 0 spiro atoms. The Kier molecular flexibility index (Phi) is 6.27. The van der Waals surface area contributed by atoms with E-state index in [1.54, 1.807) is 0 Å². The van der Waals surface area contributed by atoms with E-state index in [0.29, 0.717) is 21.5 Å². The number of alkyl halides is 1. The maximum absolute atomic E-state index is 6.32. The van der Waals surface area contributed by atoms with Gasteiger partial charge >= 0.3 is 0 Å². The van der Waals surface area contributed by atoms with E-state index in [1.807, 2.05) is 0 Å². The zero-order valence-electron chi connectivity index (χ0n) is 14.1. The molecule has 1 saturated heterocycles. The van der Waals surface area contributed by atoms with E-state index >= 15 is 0 Å². The van der Waals surface area contributed by atoms with Gasteiger partial charge in [-0.1, -0.05) is 48.3 Å². The Balaban J connectivity index is 2.22. The van der Waals surface area contributed by atoms with Gasteiger partial charge in [-0.15, -0.1) is 0 Å². The van der Waals surface area contributed by atoms with Crippen molar-refractivity contribution in [3.05, 3.63) is 0 Å². The molecule has 5 heteroatoms. The summed E-state index contributed by atoms with van der Waals surface area (Å²) in [4.78, 5) is 7.07. The van der Waals surface area contributed by atoms with Gasteiger partial charge in [-0.25, -0.2) is 4.99 Å². The molecule has 3 atom stereocenters. The maximum Gasteiger partial charge on any atom is 0.288 e. The predicted molar refractivity (Wildman–Crippen MR) is 101 cm³/mol. The van der Waals surface area contributed by atoms with E-state index < -0.39 is 0 Å². The van der Waals surface area contributed by atoms with Crippen molar-refractivity contribution < 1.29 is 4.74 Å². The quantitative estimate of drug-likeness (QED) is 0.401. The number of ether oxygens (including phenoxy) is 1. The van der Waals surface area contributed by atoms with E-state index in [1.165, 1.54) is 38.5 Å². The first-order chi connectivity index (χ1) is 9.94. The molecule has 1 heterocycles. The van der Waals surface area contributed by atoms with E-state index in [0.717, 1.165) is 19.0 Å². The fourth-order valence-electron chi connectivity index (χ4n) is 3.68. The van der Waals surface area contributed by atoms with Gasteiger partial charge in [0, 0.05) is 12.6 Å². The molecule has 0 bridgehead atoms. The molecule has 2 aliphatic rings. The normalized spacial score (nSPS) is 36.6. The van der Waals surface area contributed by atoms with Gasteiger partial charge in [0.1, 0.15) is 14.0 Å². The standard InChI is InChI=1S/C16H30BIN2O/c1-4-19-15-20(12(2)3)13-9-7-5-6-8-10-16(17,18)11-14(13)21-15/h12-14H,4-11,17H2,1-3H3/b19-15+. The van der Waals surface area contributed by atoms with Crippen LogP contribution in [0.3, 0.4) is 0 Å². The first kappa shape index (κ1) is 17.4. The van der Waals surface area contributed by atoms with E-state index in [4.69, 9.17) is 4.74 Å². The van der Waals surface area contributed by atoms with Gasteiger partial charge in [0.25, 0.3) is 6.02 Å². The second kappa shape index (κ2) is 7.56. The molecule has 0 aromatic carbocycles. The molecule has 0 aromatic rings. The molecule has 2 rings (SSSR count). The average Bonchev–Trinajstić information content (AvgIpc) is 2.71. The molecule has 1 aliphatic heterocycles. The van der Waals surface area contributed by atoms with Crippen LogP contribution in [0.1, 0.15) is 65.7 Å². The number of hydrogen-bond acceptors (Lipinski definition) is 2. The van der Waals surface area contributed by atoms with E-state index in [-0.39, 0.29) is 0 Å². The van der Waals surface area contributed by atoms with Gasteiger partial charge in [0.2, 0.25) is 0 Å². The number of halogens is 1. The van der Waals surface area contributed by atoms with Crippen LogP contribution < -0.4 is 0 Å². The fraction of sp³-hybridized carbons (Fsp3) is 0.938. The van der Waals surface area contributed by atoms with Gasteiger partial charge in [-0.2, -0.15) is 0 Å². The van der Waals surface area contributed by atoms with Crippen molar-refractivity contribution in [2.45, 2.75) is 87.2 Å². The molecule has 0 aromatic heterocycles. The minimum atomic E-state index is 0.317. The Bertz CT molecular complexity index is 373. The van der Waals surface area contributed by atoms with Gasteiger partial charge in [0.05, 0.1) is 6.04 Å². The molecule has 3 nitrogen and oxygen atoms in total. The van der Waals surface area contributed by atoms with E-state index in [2.05, 4.69) is 61.1 Å². The third-order valence-electron chi connectivity index (χ3n) is 4.69. The Hall–Kier alpha value is 0.0649. The van der Waals surface area contributed by atoms with Crippen molar-refractivity contribution in [1.82, 2.24) is 4.90 Å². The summed E-state index contributed by atoms with van der Waals surface area (Å²) in [6.07, 6.45) is 9.45. The smallest absolute Gasteiger partial charge is 0.288 e. The fourth-order valence-corrected chi connectivity index (χ4v) is 4.49. The second-order valence-corrected chi connectivity index (χ2v) is 9.66. The van der Waals surface area contributed by atoms with E-state index in [9.17, 15) is 0 Å². The van der Waals surface area contributed by atoms with Gasteiger partial charge in [0.15, 0.2) is 0 Å². The van der Waals surface area contributed by atoms with Gasteiger partial charge in [-0.05, 0) is 43.4 Å². The summed E-state index contributed by atoms with van der Waals surface area (Å²) in [5.74, 6) is 0. The lowest BCUT2D eigenvalue weighted by atomic mass is 9.76. The summed E-state index contributed by atoms with van der Waals surface area (Å²) < 4.78 is 6.67. The number of fused-ring (bicyclic) bond motifs is 1. The minimum absolute atomic E-state index is 0.317. The molecular formula is C16H30BIN2O. The first-order valence-electron chi connectivity index (χ1n) is 8.63. The molecular weight excluding hydrogens is 374 g/mol. The molecule has 2 fully saturated rings. The predicted octanol–water partition coefficient (Wildman–Crippen LogP) is 3.35. The van der Waals surface area contributed by atoms with Crippen LogP contribution in [0.4, 0.5) is 0 Å². The topological polar surface area (TPSA) is 24.8 Å². The molecule has 21 heavy (non-hydrogen) atoms. The number of nitrogens with zero attached hydrogens (tertiary/aromatic N) is 2. The monoisotopic (exact) mass is 404 g/mol. The second-order valence-electron chi connectivity index (χ2n) is 7.05. The third-order valence-corrected chi connectivity index (χ3v) is 5.67. The number of amidine groups is 1. The maximum atomic E-state index is 6.32. The molecule has 120 valence electrons. The first-order valence-corrected chi connectivity index (χ1v) is 9.71. The lowest BCUT2D eigenvalue weighted by Crippen LogP contribution is -2.43. The Morgan fingerprint density at radius 1 is 1.38 bits per heavy atom. The lowest BCUT2D eigenvalue weighted by molar-refractivity contribution is 0.154. The average molecular weight is 404 g/mol. The molecule has 0 amide bonds. The highest BCUT2D eigenvalue weighted by Crippen LogP contribution is 2.37. The van der Waals surface area contributed by atoms with Crippen LogP contribution in [-0.2, 0) is 4.74 Å². The molecule has 3 unspecified atom stereocenters. The van der Waals surface area contributed by atoms with Gasteiger partial charge < -0.3 is 9.64 Å². The largest absolute Gasteiger partial charge is 0.460 e. The Morgan fingerprint density at radius 2 is 2.10 bits per heavy atom. The summed E-state index contributed by atoms with van der Waals surface area (Å²) in [5.41, 5.74) is 0. The molecule has 1 aliphatic carbocycles.